The zero-order valence-corrected chi connectivity index (χ0v) is 15.0. The van der Waals surface area contributed by atoms with E-state index in [-0.39, 0.29) is 0 Å². The summed E-state index contributed by atoms with van der Waals surface area (Å²) < 4.78 is 17.0. The predicted molar refractivity (Wildman–Crippen MR) is 98.7 cm³/mol. The molecule has 1 aliphatic heterocycles. The number of benzene rings is 1. The molecule has 1 aromatic carbocycles. The molecule has 0 saturated heterocycles. The summed E-state index contributed by atoms with van der Waals surface area (Å²) in [5.41, 5.74) is 2.00. The maximum Gasteiger partial charge on any atom is 0.196 e. The summed E-state index contributed by atoms with van der Waals surface area (Å²) in [4.78, 5) is 4.65. The highest BCUT2D eigenvalue weighted by Gasteiger charge is 2.11. The quantitative estimate of drug-likeness (QED) is 0.655. The number of aliphatic imine (C=N–C) groups is 1. The molecule has 1 aromatic heterocycles. The SMILES string of the molecule is CCNC(=NCc1cc(C)oc1C)Nc1ccc2c(c1)OCCCO2. The highest BCUT2D eigenvalue weighted by atomic mass is 16.5. The number of guanidine groups is 1. The second kappa shape index (κ2) is 7.96. The Morgan fingerprint density at radius 1 is 1.12 bits per heavy atom. The summed E-state index contributed by atoms with van der Waals surface area (Å²) in [7, 11) is 0. The number of fused-ring (bicyclic) bond motifs is 1. The van der Waals surface area contributed by atoms with Gasteiger partial charge in [-0.05, 0) is 39.0 Å². The smallest absolute Gasteiger partial charge is 0.196 e. The van der Waals surface area contributed by atoms with Gasteiger partial charge in [-0.15, -0.1) is 0 Å². The number of anilines is 1. The van der Waals surface area contributed by atoms with Crippen LogP contribution in [0.15, 0.2) is 33.7 Å². The van der Waals surface area contributed by atoms with Gasteiger partial charge in [0.1, 0.15) is 11.5 Å². The van der Waals surface area contributed by atoms with Crippen LogP contribution in [0.4, 0.5) is 5.69 Å². The van der Waals surface area contributed by atoms with Crippen LogP contribution >= 0.6 is 0 Å². The van der Waals surface area contributed by atoms with Crippen molar-refractivity contribution in [1.82, 2.24) is 5.32 Å². The number of hydrogen-bond acceptors (Lipinski definition) is 4. The molecule has 2 N–H and O–H groups in total. The van der Waals surface area contributed by atoms with Crippen LogP contribution in [0.2, 0.25) is 0 Å². The van der Waals surface area contributed by atoms with Crippen LogP contribution in [0, 0.1) is 13.8 Å². The number of ether oxygens (including phenoxy) is 2. The van der Waals surface area contributed by atoms with Gasteiger partial charge in [-0.2, -0.15) is 0 Å². The standard InChI is InChI=1S/C19H25N3O3/c1-4-20-19(21-12-15-10-13(2)25-14(15)3)22-16-6-7-17-18(11-16)24-9-5-8-23-17/h6-7,10-11H,4-5,8-9,12H2,1-3H3,(H2,20,21,22). The van der Waals surface area contributed by atoms with Gasteiger partial charge in [-0.3, -0.25) is 0 Å². The van der Waals surface area contributed by atoms with E-state index in [2.05, 4.69) is 15.6 Å². The summed E-state index contributed by atoms with van der Waals surface area (Å²) in [6, 6.07) is 7.86. The van der Waals surface area contributed by atoms with E-state index in [1.807, 2.05) is 45.0 Å². The molecule has 6 heteroatoms. The summed E-state index contributed by atoms with van der Waals surface area (Å²) in [6.07, 6.45) is 0.894. The largest absolute Gasteiger partial charge is 0.490 e. The van der Waals surface area contributed by atoms with Gasteiger partial charge in [0, 0.05) is 30.3 Å². The molecule has 25 heavy (non-hydrogen) atoms. The molecular formula is C19H25N3O3. The van der Waals surface area contributed by atoms with Crippen LogP contribution in [-0.2, 0) is 6.54 Å². The van der Waals surface area contributed by atoms with E-state index in [4.69, 9.17) is 13.9 Å². The Balaban J connectivity index is 1.74. The Kier molecular flexibility index (Phi) is 5.48. The number of hydrogen-bond donors (Lipinski definition) is 2. The van der Waals surface area contributed by atoms with E-state index in [0.29, 0.717) is 19.8 Å². The lowest BCUT2D eigenvalue weighted by molar-refractivity contribution is 0.297. The molecule has 2 heterocycles. The summed E-state index contributed by atoms with van der Waals surface area (Å²) >= 11 is 0. The predicted octanol–water partition coefficient (Wildman–Crippen LogP) is 3.64. The van der Waals surface area contributed by atoms with Gasteiger partial charge < -0.3 is 24.5 Å². The van der Waals surface area contributed by atoms with E-state index in [9.17, 15) is 0 Å². The first-order valence-corrected chi connectivity index (χ1v) is 8.66. The Morgan fingerprint density at radius 2 is 1.92 bits per heavy atom. The highest BCUT2D eigenvalue weighted by Crippen LogP contribution is 2.32. The third kappa shape index (κ3) is 4.47. The van der Waals surface area contributed by atoms with Crippen molar-refractivity contribution in [1.29, 1.82) is 0 Å². The van der Waals surface area contributed by atoms with Crippen LogP contribution in [0.1, 0.15) is 30.4 Å². The van der Waals surface area contributed by atoms with Gasteiger partial charge in [0.15, 0.2) is 17.5 Å². The minimum absolute atomic E-state index is 0.559. The van der Waals surface area contributed by atoms with E-state index in [1.54, 1.807) is 0 Å². The van der Waals surface area contributed by atoms with Gasteiger partial charge in [-0.1, -0.05) is 0 Å². The monoisotopic (exact) mass is 343 g/mol. The second-order valence-electron chi connectivity index (χ2n) is 5.97. The number of aryl methyl sites for hydroxylation is 2. The first kappa shape index (κ1) is 17.2. The fourth-order valence-corrected chi connectivity index (χ4v) is 2.69. The molecule has 0 aliphatic carbocycles. The van der Waals surface area contributed by atoms with Crippen molar-refractivity contribution in [3.63, 3.8) is 0 Å². The Morgan fingerprint density at radius 3 is 2.64 bits per heavy atom. The van der Waals surface area contributed by atoms with E-state index in [0.717, 1.165) is 53.2 Å². The molecule has 0 saturated carbocycles. The molecule has 2 aromatic rings. The lowest BCUT2D eigenvalue weighted by Gasteiger charge is -2.13. The molecule has 0 unspecified atom stereocenters. The van der Waals surface area contributed by atoms with E-state index >= 15 is 0 Å². The van der Waals surface area contributed by atoms with E-state index < -0.39 is 0 Å². The number of rotatable bonds is 4. The molecule has 3 rings (SSSR count). The van der Waals surface area contributed by atoms with Gasteiger partial charge >= 0.3 is 0 Å². The molecule has 0 amide bonds. The lowest BCUT2D eigenvalue weighted by Crippen LogP contribution is -2.30. The maximum atomic E-state index is 5.74. The topological polar surface area (TPSA) is 68.0 Å². The molecular weight excluding hydrogens is 318 g/mol. The number of nitrogens with zero attached hydrogens (tertiary/aromatic N) is 1. The van der Waals surface area contributed by atoms with Crippen LogP contribution in [0.25, 0.3) is 0 Å². The van der Waals surface area contributed by atoms with Crippen molar-refractivity contribution < 1.29 is 13.9 Å². The van der Waals surface area contributed by atoms with Crippen molar-refractivity contribution >= 4 is 11.6 Å². The van der Waals surface area contributed by atoms with Crippen molar-refractivity contribution in [2.24, 2.45) is 4.99 Å². The average Bonchev–Trinajstić information content (AvgIpc) is 2.78. The molecule has 0 radical (unpaired) electrons. The maximum absolute atomic E-state index is 5.74. The summed E-state index contributed by atoms with van der Waals surface area (Å²) in [5.74, 6) is 4.08. The van der Waals surface area contributed by atoms with Gasteiger partial charge in [0.2, 0.25) is 0 Å². The van der Waals surface area contributed by atoms with Crippen LogP contribution in [0.3, 0.4) is 0 Å². The van der Waals surface area contributed by atoms with Gasteiger partial charge in [0.05, 0.1) is 19.8 Å². The molecule has 0 spiro atoms. The number of nitrogens with one attached hydrogen (secondary N) is 2. The third-order valence-corrected chi connectivity index (χ3v) is 3.91. The van der Waals surface area contributed by atoms with Crippen LogP contribution in [-0.4, -0.2) is 25.7 Å². The van der Waals surface area contributed by atoms with Gasteiger partial charge in [0.25, 0.3) is 0 Å². The number of furan rings is 1. The lowest BCUT2D eigenvalue weighted by atomic mass is 10.2. The molecule has 0 bridgehead atoms. The molecule has 6 nitrogen and oxygen atoms in total. The second-order valence-corrected chi connectivity index (χ2v) is 5.97. The van der Waals surface area contributed by atoms with Crippen LogP contribution in [0.5, 0.6) is 11.5 Å². The summed E-state index contributed by atoms with van der Waals surface area (Å²) in [5, 5.41) is 6.58. The van der Waals surface area contributed by atoms with E-state index in [1.165, 1.54) is 0 Å². The zero-order valence-electron chi connectivity index (χ0n) is 15.0. The average molecular weight is 343 g/mol. The molecule has 134 valence electrons. The Bertz CT molecular complexity index is 752. The molecule has 1 aliphatic rings. The van der Waals surface area contributed by atoms with Crippen molar-refractivity contribution in [3.8, 4) is 11.5 Å². The Hall–Kier alpha value is -2.63. The Labute approximate surface area is 148 Å². The fraction of sp³-hybridized carbons (Fsp3) is 0.421. The first-order chi connectivity index (χ1) is 12.2. The minimum atomic E-state index is 0.559. The highest BCUT2D eigenvalue weighted by molar-refractivity contribution is 5.93. The van der Waals surface area contributed by atoms with Crippen molar-refractivity contribution in [2.45, 2.75) is 33.7 Å². The normalized spacial score (nSPS) is 14.1. The third-order valence-electron chi connectivity index (χ3n) is 3.91. The van der Waals surface area contributed by atoms with Gasteiger partial charge in [-0.25, -0.2) is 4.99 Å². The van der Waals surface area contributed by atoms with Crippen LogP contribution < -0.4 is 20.1 Å². The first-order valence-electron chi connectivity index (χ1n) is 8.66. The van der Waals surface area contributed by atoms with Crippen molar-refractivity contribution in [3.05, 3.63) is 41.3 Å². The minimum Gasteiger partial charge on any atom is -0.490 e. The molecule has 0 fully saturated rings. The summed E-state index contributed by atoms with van der Waals surface area (Å²) in [6.45, 7) is 8.64. The molecule has 0 atom stereocenters. The van der Waals surface area contributed by atoms with Crippen molar-refractivity contribution in [2.75, 3.05) is 25.1 Å². The zero-order chi connectivity index (χ0) is 17.6. The fourth-order valence-electron chi connectivity index (χ4n) is 2.69.